The van der Waals surface area contributed by atoms with Crippen molar-refractivity contribution in [3.05, 3.63) is 81.0 Å². The monoisotopic (exact) mass is 443 g/mol. The molecular formula is C27H29N3O3. The van der Waals surface area contributed by atoms with Gasteiger partial charge in [-0.1, -0.05) is 36.4 Å². The average molecular weight is 444 g/mol. The summed E-state index contributed by atoms with van der Waals surface area (Å²) in [4.78, 5) is 17.2. The van der Waals surface area contributed by atoms with Crippen LogP contribution in [-0.4, -0.2) is 39.1 Å². The number of nitro groups is 1. The van der Waals surface area contributed by atoms with Crippen LogP contribution in [0.15, 0.2) is 54.1 Å². The fourth-order valence-electron chi connectivity index (χ4n) is 6.66. The number of nitrogens with zero attached hydrogens (tertiary/aromatic N) is 2. The maximum Gasteiger partial charge on any atom is 0.270 e. The molecule has 2 fully saturated rings. The molecule has 3 aromatic rings. The first-order valence-electron chi connectivity index (χ1n) is 11.9. The van der Waals surface area contributed by atoms with Gasteiger partial charge >= 0.3 is 0 Å². The van der Waals surface area contributed by atoms with Crippen molar-refractivity contribution in [2.45, 2.75) is 44.2 Å². The molecule has 4 atom stereocenters. The number of aliphatic hydroxyl groups is 1. The number of hydrogen-bond donors (Lipinski definition) is 2. The molecule has 2 aromatic carbocycles. The van der Waals surface area contributed by atoms with Gasteiger partial charge in [0, 0.05) is 41.8 Å². The Kier molecular flexibility index (Phi) is 4.71. The van der Waals surface area contributed by atoms with Gasteiger partial charge in [-0.2, -0.15) is 0 Å². The lowest BCUT2D eigenvalue weighted by Gasteiger charge is -2.55. The molecular weight excluding hydrogens is 414 g/mol. The molecule has 1 saturated carbocycles. The summed E-state index contributed by atoms with van der Waals surface area (Å²) in [5.74, 6) is 1.00. The van der Waals surface area contributed by atoms with E-state index in [1.54, 1.807) is 12.1 Å². The van der Waals surface area contributed by atoms with Crippen molar-refractivity contribution in [3.63, 3.8) is 0 Å². The van der Waals surface area contributed by atoms with Gasteiger partial charge in [0.25, 0.3) is 5.69 Å². The summed E-state index contributed by atoms with van der Waals surface area (Å²) < 4.78 is 0. The number of hydrogen-bond acceptors (Lipinski definition) is 4. The smallest absolute Gasteiger partial charge is 0.270 e. The van der Waals surface area contributed by atoms with Crippen molar-refractivity contribution < 1.29 is 10.0 Å². The fraction of sp³-hybridized carbons (Fsp3) is 0.407. The molecule has 3 heterocycles. The number of nitro benzene ring substituents is 1. The molecule has 6 heteroatoms. The van der Waals surface area contributed by atoms with E-state index in [1.165, 1.54) is 11.3 Å². The van der Waals surface area contributed by atoms with Gasteiger partial charge in [0.2, 0.25) is 0 Å². The van der Waals surface area contributed by atoms with E-state index in [4.69, 9.17) is 0 Å². The normalized spacial score (nSPS) is 30.6. The lowest BCUT2D eigenvalue weighted by Crippen LogP contribution is -2.57. The first-order chi connectivity index (χ1) is 15.9. The lowest BCUT2D eigenvalue weighted by molar-refractivity contribution is -0.384. The number of aromatic amines is 1. The van der Waals surface area contributed by atoms with Crippen molar-refractivity contribution in [2.75, 3.05) is 13.1 Å². The maximum absolute atomic E-state index is 11.3. The van der Waals surface area contributed by atoms with Crippen LogP contribution in [0.3, 0.4) is 0 Å². The van der Waals surface area contributed by atoms with Crippen molar-refractivity contribution in [1.29, 1.82) is 0 Å². The third kappa shape index (κ3) is 3.31. The van der Waals surface area contributed by atoms with Gasteiger partial charge in [-0.25, -0.2) is 0 Å². The molecule has 2 aliphatic heterocycles. The second-order valence-corrected chi connectivity index (χ2v) is 10.2. The fourth-order valence-corrected chi connectivity index (χ4v) is 6.66. The van der Waals surface area contributed by atoms with Crippen LogP contribution in [0.2, 0.25) is 0 Å². The quantitative estimate of drug-likeness (QED) is 0.430. The van der Waals surface area contributed by atoms with Gasteiger partial charge < -0.3 is 10.1 Å². The number of aromatic nitrogens is 1. The number of nitrogens with one attached hydrogen (secondary N) is 1. The summed E-state index contributed by atoms with van der Waals surface area (Å²) in [6, 6.07) is 15.4. The summed E-state index contributed by atoms with van der Waals surface area (Å²) in [7, 11) is 0. The predicted octanol–water partition coefficient (Wildman–Crippen LogP) is 5.02. The zero-order chi connectivity index (χ0) is 22.7. The molecule has 2 N–H and O–H groups in total. The first-order valence-corrected chi connectivity index (χ1v) is 11.9. The molecule has 0 radical (unpaired) electrons. The van der Waals surface area contributed by atoms with Crippen LogP contribution in [0.25, 0.3) is 17.0 Å². The van der Waals surface area contributed by atoms with Crippen molar-refractivity contribution in [1.82, 2.24) is 9.88 Å². The Morgan fingerprint density at radius 2 is 2.03 bits per heavy atom. The highest BCUT2D eigenvalue weighted by molar-refractivity contribution is 5.87. The molecule has 6 nitrogen and oxygen atoms in total. The summed E-state index contributed by atoms with van der Waals surface area (Å²) in [5, 5.41) is 23.3. The highest BCUT2D eigenvalue weighted by atomic mass is 16.6. The van der Waals surface area contributed by atoms with Gasteiger partial charge in [0.1, 0.15) is 0 Å². The van der Waals surface area contributed by atoms with Crippen LogP contribution < -0.4 is 0 Å². The van der Waals surface area contributed by atoms with Crippen molar-refractivity contribution in [2.24, 2.45) is 11.8 Å². The number of H-pyrrole nitrogens is 1. The first kappa shape index (κ1) is 20.6. The van der Waals surface area contributed by atoms with Crippen molar-refractivity contribution in [3.8, 4) is 0 Å². The van der Waals surface area contributed by atoms with E-state index in [0.717, 1.165) is 60.8 Å². The van der Waals surface area contributed by atoms with Crippen LogP contribution in [0, 0.1) is 22.0 Å². The highest BCUT2D eigenvalue weighted by Crippen LogP contribution is 2.51. The minimum atomic E-state index is -0.393. The zero-order valence-corrected chi connectivity index (χ0v) is 18.8. The molecule has 1 saturated heterocycles. The van der Waals surface area contributed by atoms with E-state index < -0.39 is 6.10 Å². The van der Waals surface area contributed by atoms with E-state index in [0.29, 0.717) is 11.8 Å². The molecule has 1 aliphatic carbocycles. The van der Waals surface area contributed by atoms with Crippen LogP contribution in [0.1, 0.15) is 43.0 Å². The predicted molar refractivity (Wildman–Crippen MR) is 129 cm³/mol. The second kappa shape index (κ2) is 7.54. The molecule has 0 amide bonds. The molecule has 170 valence electrons. The van der Waals surface area contributed by atoms with Crippen LogP contribution >= 0.6 is 0 Å². The molecule has 0 bridgehead atoms. The molecule has 6 rings (SSSR count). The topological polar surface area (TPSA) is 82.4 Å². The van der Waals surface area contributed by atoms with E-state index in [-0.39, 0.29) is 16.1 Å². The molecule has 3 aliphatic rings. The summed E-state index contributed by atoms with van der Waals surface area (Å²) in [5.41, 5.74) is 5.74. The van der Waals surface area contributed by atoms with Crippen LogP contribution in [0.5, 0.6) is 0 Å². The van der Waals surface area contributed by atoms with E-state index in [2.05, 4.69) is 35.0 Å². The largest absolute Gasteiger partial charge is 0.389 e. The number of non-ortho nitro benzene ring substituents is 1. The zero-order valence-electron chi connectivity index (χ0n) is 18.8. The second-order valence-electron chi connectivity index (χ2n) is 10.2. The maximum atomic E-state index is 11.3. The highest BCUT2D eigenvalue weighted by Gasteiger charge is 2.50. The standard InChI is InChI=1S/C27H29N3O3/c1-27-15-19-13-25(31)18(11-17-5-3-2-4-6-17)12-20(19)16-29(27)10-9-22-23-14-21(30(32)33)7-8-24(23)28-26(22)27/h2-8,11,14,19-20,25,28,31H,9-10,12-13,15-16H2,1H3/b18-11+/t19?,20?,25-,27-/m0/s1. The number of benzene rings is 2. The minimum Gasteiger partial charge on any atom is -0.389 e. The Morgan fingerprint density at radius 1 is 1.21 bits per heavy atom. The number of piperidine rings is 1. The Bertz CT molecular complexity index is 1260. The summed E-state index contributed by atoms with van der Waals surface area (Å²) in [6.45, 7) is 4.30. The van der Waals surface area contributed by atoms with E-state index in [9.17, 15) is 15.2 Å². The van der Waals surface area contributed by atoms with Gasteiger partial charge in [-0.3, -0.25) is 15.0 Å². The Balaban J connectivity index is 1.32. The lowest BCUT2D eigenvalue weighted by atomic mass is 9.64. The summed E-state index contributed by atoms with van der Waals surface area (Å²) >= 11 is 0. The Morgan fingerprint density at radius 3 is 2.82 bits per heavy atom. The SMILES string of the molecule is C[C@@]12CC3C[C@H](O)/C(=C/c4ccccc4)CC3CN1CCc1c2[nH]c2ccc([N+](=O)[O-])cc12. The molecule has 1 aromatic heterocycles. The summed E-state index contributed by atoms with van der Waals surface area (Å²) in [6.07, 6.45) is 5.42. The van der Waals surface area contributed by atoms with Crippen molar-refractivity contribution >= 4 is 22.7 Å². The van der Waals surface area contributed by atoms with Gasteiger partial charge in [-0.05, 0) is 67.2 Å². The molecule has 33 heavy (non-hydrogen) atoms. The Labute approximate surface area is 193 Å². The number of fused-ring (bicyclic) bond motifs is 6. The van der Waals surface area contributed by atoms with Gasteiger partial charge in [0.15, 0.2) is 0 Å². The Hall–Kier alpha value is -2.96. The van der Waals surface area contributed by atoms with Crippen LogP contribution in [-0.2, 0) is 12.0 Å². The molecule has 2 unspecified atom stereocenters. The molecule has 0 spiro atoms. The van der Waals surface area contributed by atoms with Gasteiger partial charge in [0.05, 0.1) is 16.6 Å². The minimum absolute atomic E-state index is 0.136. The van der Waals surface area contributed by atoms with E-state index in [1.807, 2.05) is 24.3 Å². The van der Waals surface area contributed by atoms with Crippen LogP contribution in [0.4, 0.5) is 5.69 Å². The number of rotatable bonds is 2. The van der Waals surface area contributed by atoms with Gasteiger partial charge in [-0.15, -0.1) is 0 Å². The number of aliphatic hydroxyl groups excluding tert-OH is 1. The third-order valence-electron chi connectivity index (χ3n) is 8.35. The van der Waals surface area contributed by atoms with E-state index >= 15 is 0 Å². The third-order valence-corrected chi connectivity index (χ3v) is 8.35. The average Bonchev–Trinajstić information content (AvgIpc) is 3.18.